The van der Waals surface area contributed by atoms with Crippen molar-refractivity contribution >= 4 is 23.1 Å². The van der Waals surface area contributed by atoms with Crippen LogP contribution < -0.4 is 15.4 Å². The van der Waals surface area contributed by atoms with Crippen molar-refractivity contribution in [3.63, 3.8) is 0 Å². The fraction of sp³-hybridized carbons (Fsp3) is 0.538. The van der Waals surface area contributed by atoms with Gasteiger partial charge in [-0.15, -0.1) is 0 Å². The molecule has 1 heterocycles. The van der Waals surface area contributed by atoms with E-state index in [2.05, 4.69) is 11.2 Å². The lowest BCUT2D eigenvalue weighted by molar-refractivity contribution is 0.386. The van der Waals surface area contributed by atoms with Crippen molar-refractivity contribution in [2.45, 2.75) is 18.1 Å². The van der Waals surface area contributed by atoms with Gasteiger partial charge in [-0.25, -0.2) is 4.39 Å². The Bertz CT molecular complexity index is 420. The van der Waals surface area contributed by atoms with Crippen molar-refractivity contribution in [1.82, 2.24) is 0 Å². The zero-order valence-corrected chi connectivity index (χ0v) is 11.6. The lowest BCUT2D eigenvalue weighted by Gasteiger charge is -2.33. The summed E-state index contributed by atoms with van der Waals surface area (Å²) in [6.07, 6.45) is 4.43. The molecule has 0 aliphatic carbocycles. The standard InChI is InChI=1S/C13H19FN2OS/c1-17-13-8-12(11(15)7-10(13)14)16-5-3-9(18-2)4-6-16/h7-9H,3-6,15H2,1-2H3. The average molecular weight is 270 g/mol. The molecule has 2 N–H and O–H groups in total. The highest BCUT2D eigenvalue weighted by Gasteiger charge is 2.21. The summed E-state index contributed by atoms with van der Waals surface area (Å²) in [6.45, 7) is 1.93. The maximum atomic E-state index is 13.5. The van der Waals surface area contributed by atoms with Gasteiger partial charge in [0.15, 0.2) is 11.6 Å². The van der Waals surface area contributed by atoms with E-state index in [0.29, 0.717) is 5.69 Å². The van der Waals surface area contributed by atoms with Gasteiger partial charge in [0.25, 0.3) is 0 Å². The molecule has 0 unspecified atom stereocenters. The molecule has 1 aromatic rings. The van der Waals surface area contributed by atoms with Gasteiger partial charge in [-0.05, 0) is 19.1 Å². The van der Waals surface area contributed by atoms with E-state index >= 15 is 0 Å². The molecule has 1 saturated heterocycles. The number of nitrogens with two attached hydrogens (primary N) is 1. The van der Waals surface area contributed by atoms with Crippen LogP contribution in [0.3, 0.4) is 0 Å². The minimum Gasteiger partial charge on any atom is -0.494 e. The molecule has 100 valence electrons. The molecule has 1 fully saturated rings. The number of methoxy groups -OCH3 is 1. The summed E-state index contributed by atoms with van der Waals surface area (Å²) < 4.78 is 18.5. The number of rotatable bonds is 3. The molecule has 5 heteroatoms. The highest BCUT2D eigenvalue weighted by molar-refractivity contribution is 7.99. The molecule has 2 rings (SSSR count). The van der Waals surface area contributed by atoms with Crippen LogP contribution >= 0.6 is 11.8 Å². The van der Waals surface area contributed by atoms with Crippen LogP contribution in [-0.4, -0.2) is 31.7 Å². The van der Waals surface area contributed by atoms with Crippen LogP contribution in [0.25, 0.3) is 0 Å². The number of hydrogen-bond acceptors (Lipinski definition) is 4. The molecule has 18 heavy (non-hydrogen) atoms. The number of nitrogen functional groups attached to an aromatic ring is 1. The van der Waals surface area contributed by atoms with Crippen LogP contribution in [0.1, 0.15) is 12.8 Å². The third kappa shape index (κ3) is 2.66. The van der Waals surface area contributed by atoms with Gasteiger partial charge in [0.2, 0.25) is 0 Å². The zero-order valence-electron chi connectivity index (χ0n) is 10.8. The van der Waals surface area contributed by atoms with Gasteiger partial charge in [-0.3, -0.25) is 0 Å². The average Bonchev–Trinajstić information content (AvgIpc) is 2.39. The lowest BCUT2D eigenvalue weighted by atomic mass is 10.1. The second-order valence-corrected chi connectivity index (χ2v) is 5.61. The van der Waals surface area contributed by atoms with E-state index in [9.17, 15) is 4.39 Å². The Morgan fingerprint density at radius 3 is 2.61 bits per heavy atom. The van der Waals surface area contributed by atoms with E-state index in [-0.39, 0.29) is 5.75 Å². The van der Waals surface area contributed by atoms with Crippen LogP contribution in [0, 0.1) is 5.82 Å². The monoisotopic (exact) mass is 270 g/mol. The second kappa shape index (κ2) is 5.69. The largest absolute Gasteiger partial charge is 0.494 e. The van der Waals surface area contributed by atoms with Gasteiger partial charge in [0, 0.05) is 30.5 Å². The summed E-state index contributed by atoms with van der Waals surface area (Å²) in [6, 6.07) is 3.04. The molecule has 0 amide bonds. The summed E-state index contributed by atoms with van der Waals surface area (Å²) in [7, 11) is 1.47. The zero-order chi connectivity index (χ0) is 13.1. The van der Waals surface area contributed by atoms with Crippen molar-refractivity contribution in [3.8, 4) is 5.75 Å². The molecule has 1 aliphatic heterocycles. The number of halogens is 1. The van der Waals surface area contributed by atoms with Gasteiger partial charge >= 0.3 is 0 Å². The first-order valence-electron chi connectivity index (χ1n) is 6.06. The Morgan fingerprint density at radius 1 is 1.39 bits per heavy atom. The van der Waals surface area contributed by atoms with Gasteiger partial charge in [0.05, 0.1) is 18.5 Å². The number of piperidine rings is 1. The first-order chi connectivity index (χ1) is 8.65. The van der Waals surface area contributed by atoms with Gasteiger partial charge in [-0.2, -0.15) is 11.8 Å². The molecule has 0 bridgehead atoms. The van der Waals surface area contributed by atoms with Crippen molar-refractivity contribution in [1.29, 1.82) is 0 Å². The number of benzene rings is 1. The summed E-state index contributed by atoms with van der Waals surface area (Å²) >= 11 is 1.91. The van der Waals surface area contributed by atoms with E-state index < -0.39 is 5.82 Å². The predicted molar refractivity (Wildman–Crippen MR) is 76.1 cm³/mol. The fourth-order valence-electron chi connectivity index (χ4n) is 2.32. The maximum Gasteiger partial charge on any atom is 0.167 e. The number of nitrogens with zero attached hydrogens (tertiary/aromatic N) is 1. The number of anilines is 2. The second-order valence-electron chi connectivity index (χ2n) is 4.47. The smallest absolute Gasteiger partial charge is 0.167 e. The maximum absolute atomic E-state index is 13.5. The molecule has 0 spiro atoms. The molecule has 0 saturated carbocycles. The molecule has 0 radical (unpaired) electrons. The Hall–Kier alpha value is -1.10. The summed E-state index contributed by atoms with van der Waals surface area (Å²) in [5.41, 5.74) is 7.27. The van der Waals surface area contributed by atoms with Crippen molar-refractivity contribution in [2.75, 3.05) is 37.1 Å². The molecule has 3 nitrogen and oxygen atoms in total. The van der Waals surface area contributed by atoms with E-state index in [0.717, 1.165) is 36.9 Å². The summed E-state index contributed by atoms with van der Waals surface area (Å²) in [4.78, 5) is 2.21. The van der Waals surface area contributed by atoms with Gasteiger partial charge < -0.3 is 15.4 Å². The van der Waals surface area contributed by atoms with Crippen LogP contribution in [0.5, 0.6) is 5.75 Å². The topological polar surface area (TPSA) is 38.5 Å². The number of thioether (sulfide) groups is 1. The lowest BCUT2D eigenvalue weighted by Crippen LogP contribution is -2.35. The number of ether oxygens (including phenoxy) is 1. The van der Waals surface area contributed by atoms with E-state index in [1.54, 1.807) is 6.07 Å². The fourth-order valence-corrected chi connectivity index (χ4v) is 3.00. The Labute approximate surface area is 111 Å². The molecule has 0 aromatic heterocycles. The van der Waals surface area contributed by atoms with Crippen LogP contribution in [0.4, 0.5) is 15.8 Å². The first-order valence-corrected chi connectivity index (χ1v) is 7.35. The van der Waals surface area contributed by atoms with E-state index in [4.69, 9.17) is 10.5 Å². The third-order valence-electron chi connectivity index (χ3n) is 3.42. The molecule has 0 atom stereocenters. The minimum atomic E-state index is -0.405. The number of hydrogen-bond donors (Lipinski definition) is 1. The molecular weight excluding hydrogens is 251 g/mol. The highest BCUT2D eigenvalue weighted by atomic mass is 32.2. The van der Waals surface area contributed by atoms with Crippen molar-refractivity contribution in [3.05, 3.63) is 17.9 Å². The third-order valence-corrected chi connectivity index (χ3v) is 4.56. The van der Waals surface area contributed by atoms with Crippen LogP contribution in [0.2, 0.25) is 0 Å². The van der Waals surface area contributed by atoms with Gasteiger partial charge in [-0.1, -0.05) is 0 Å². The van der Waals surface area contributed by atoms with E-state index in [1.807, 2.05) is 11.8 Å². The van der Waals surface area contributed by atoms with Crippen molar-refractivity contribution in [2.24, 2.45) is 0 Å². The van der Waals surface area contributed by atoms with Gasteiger partial charge in [0.1, 0.15) is 0 Å². The predicted octanol–water partition coefficient (Wildman–Crippen LogP) is 2.75. The minimum absolute atomic E-state index is 0.256. The van der Waals surface area contributed by atoms with Crippen LogP contribution in [0.15, 0.2) is 12.1 Å². The molecular formula is C13H19FN2OS. The SMILES string of the molecule is COc1cc(N2CCC(SC)CC2)c(N)cc1F. The summed E-state index contributed by atoms with van der Waals surface area (Å²) in [5.74, 6) is -0.149. The Balaban J connectivity index is 2.18. The van der Waals surface area contributed by atoms with E-state index in [1.165, 1.54) is 13.2 Å². The highest BCUT2D eigenvalue weighted by Crippen LogP contribution is 2.33. The molecule has 1 aromatic carbocycles. The van der Waals surface area contributed by atoms with Crippen LogP contribution in [-0.2, 0) is 0 Å². The Kier molecular flexibility index (Phi) is 4.22. The first kappa shape index (κ1) is 13.3. The molecule has 1 aliphatic rings. The van der Waals surface area contributed by atoms with Crippen molar-refractivity contribution < 1.29 is 9.13 Å². The quantitative estimate of drug-likeness (QED) is 0.857. The Morgan fingerprint density at radius 2 is 2.06 bits per heavy atom. The summed E-state index contributed by atoms with van der Waals surface area (Å²) in [5, 5.41) is 0.727. The normalized spacial score (nSPS) is 16.9.